The molecule has 0 amide bonds. The lowest BCUT2D eigenvalue weighted by molar-refractivity contribution is 0.154. The molecule has 0 unspecified atom stereocenters. The van der Waals surface area contributed by atoms with Crippen LogP contribution in [0.4, 0.5) is 14.7 Å². The second-order valence-electron chi connectivity index (χ2n) is 3.61. The molecule has 0 saturated heterocycles. The zero-order valence-corrected chi connectivity index (χ0v) is 12.0. The minimum atomic E-state index is -2.43. The summed E-state index contributed by atoms with van der Waals surface area (Å²) in [5, 5.41) is 0.570. The summed E-state index contributed by atoms with van der Waals surface area (Å²) in [6, 6.07) is 1.68. The molecule has 1 rings (SSSR count). The molecule has 0 aliphatic carbocycles. The molecule has 0 aliphatic heterocycles. The highest BCUT2D eigenvalue weighted by molar-refractivity contribution is 9.09. The SMILES string of the molecule is CCOc1cc(C)nc(N(CCBr)CC(F)F)n1. The molecule has 1 heterocycles. The third-order valence-corrected chi connectivity index (χ3v) is 2.46. The first-order chi connectivity index (χ1) is 8.56. The summed E-state index contributed by atoms with van der Waals surface area (Å²) in [5.74, 6) is 0.687. The van der Waals surface area contributed by atoms with Crippen LogP contribution in [0.3, 0.4) is 0 Å². The molecule has 0 N–H and O–H groups in total. The molecule has 0 fully saturated rings. The highest BCUT2D eigenvalue weighted by atomic mass is 79.9. The van der Waals surface area contributed by atoms with Crippen molar-refractivity contribution in [3.05, 3.63) is 11.8 Å². The van der Waals surface area contributed by atoms with Gasteiger partial charge in [-0.1, -0.05) is 15.9 Å². The molecule has 4 nitrogen and oxygen atoms in total. The fraction of sp³-hybridized carbons (Fsp3) is 0.636. The highest BCUT2D eigenvalue weighted by Crippen LogP contribution is 2.16. The number of alkyl halides is 3. The monoisotopic (exact) mass is 323 g/mol. The van der Waals surface area contributed by atoms with Crippen LogP contribution >= 0.6 is 15.9 Å². The van der Waals surface area contributed by atoms with E-state index in [4.69, 9.17) is 4.74 Å². The Bertz CT molecular complexity index is 379. The lowest BCUT2D eigenvalue weighted by Crippen LogP contribution is -2.32. The van der Waals surface area contributed by atoms with Gasteiger partial charge in [-0.3, -0.25) is 0 Å². The summed E-state index contributed by atoms with van der Waals surface area (Å²) in [4.78, 5) is 9.74. The van der Waals surface area contributed by atoms with Crippen molar-refractivity contribution in [2.24, 2.45) is 0 Å². The van der Waals surface area contributed by atoms with Gasteiger partial charge in [-0.15, -0.1) is 0 Å². The molecular weight excluding hydrogens is 308 g/mol. The van der Waals surface area contributed by atoms with Crippen molar-refractivity contribution < 1.29 is 13.5 Å². The van der Waals surface area contributed by atoms with E-state index in [9.17, 15) is 8.78 Å². The van der Waals surface area contributed by atoms with Gasteiger partial charge in [0.2, 0.25) is 11.8 Å². The van der Waals surface area contributed by atoms with Crippen LogP contribution in [0.5, 0.6) is 5.88 Å². The maximum absolute atomic E-state index is 12.5. The number of aryl methyl sites for hydroxylation is 1. The van der Waals surface area contributed by atoms with Gasteiger partial charge in [-0.2, -0.15) is 4.98 Å². The second-order valence-corrected chi connectivity index (χ2v) is 4.40. The number of nitrogens with zero attached hydrogens (tertiary/aromatic N) is 3. The first kappa shape index (κ1) is 15.1. The number of rotatable bonds is 7. The van der Waals surface area contributed by atoms with Gasteiger partial charge in [0.15, 0.2) is 0 Å². The zero-order valence-electron chi connectivity index (χ0n) is 10.4. The number of aromatic nitrogens is 2. The highest BCUT2D eigenvalue weighted by Gasteiger charge is 2.16. The van der Waals surface area contributed by atoms with E-state index in [1.54, 1.807) is 13.0 Å². The zero-order chi connectivity index (χ0) is 13.5. The van der Waals surface area contributed by atoms with Crippen molar-refractivity contribution >= 4 is 21.9 Å². The summed E-state index contributed by atoms with van der Waals surface area (Å²) in [6.45, 7) is 4.12. The topological polar surface area (TPSA) is 38.2 Å². The van der Waals surface area contributed by atoms with Gasteiger partial charge in [0, 0.05) is 23.6 Å². The molecule has 0 bridgehead atoms. The predicted molar refractivity (Wildman–Crippen MR) is 69.9 cm³/mol. The first-order valence-electron chi connectivity index (χ1n) is 5.64. The van der Waals surface area contributed by atoms with Crippen LogP contribution in [0, 0.1) is 6.92 Å². The maximum atomic E-state index is 12.5. The van der Waals surface area contributed by atoms with E-state index in [2.05, 4.69) is 25.9 Å². The van der Waals surface area contributed by atoms with Crippen LogP contribution in [0.1, 0.15) is 12.6 Å². The third-order valence-electron chi connectivity index (χ3n) is 2.11. The molecule has 0 aliphatic rings. The van der Waals surface area contributed by atoms with Crippen molar-refractivity contribution in [2.45, 2.75) is 20.3 Å². The quantitative estimate of drug-likeness (QED) is 0.723. The molecular formula is C11H16BrF2N3O. The molecule has 1 aromatic rings. The van der Waals surface area contributed by atoms with Gasteiger partial charge in [0.1, 0.15) is 0 Å². The van der Waals surface area contributed by atoms with E-state index >= 15 is 0 Å². The van der Waals surface area contributed by atoms with Crippen LogP contribution in [0.15, 0.2) is 6.07 Å². The summed E-state index contributed by atoms with van der Waals surface area (Å²) < 4.78 is 30.3. The number of ether oxygens (including phenoxy) is 1. The van der Waals surface area contributed by atoms with E-state index < -0.39 is 6.43 Å². The normalized spacial score (nSPS) is 10.8. The van der Waals surface area contributed by atoms with Gasteiger partial charge in [0.05, 0.1) is 13.2 Å². The van der Waals surface area contributed by atoms with Crippen molar-refractivity contribution in [1.29, 1.82) is 0 Å². The van der Waals surface area contributed by atoms with Crippen molar-refractivity contribution in [3.8, 4) is 5.88 Å². The minimum absolute atomic E-state index is 0.276. The molecule has 0 aromatic carbocycles. The van der Waals surface area contributed by atoms with Crippen molar-refractivity contribution in [2.75, 3.05) is 29.9 Å². The largest absolute Gasteiger partial charge is 0.478 e. The Morgan fingerprint density at radius 1 is 1.44 bits per heavy atom. The Morgan fingerprint density at radius 2 is 2.17 bits per heavy atom. The molecule has 1 aromatic heterocycles. The average molecular weight is 324 g/mol. The van der Waals surface area contributed by atoms with Crippen LogP contribution < -0.4 is 9.64 Å². The molecule has 102 valence electrons. The Hall–Kier alpha value is -0.980. The molecule has 18 heavy (non-hydrogen) atoms. The van der Waals surface area contributed by atoms with Gasteiger partial charge < -0.3 is 9.64 Å². The Kier molecular flexibility index (Phi) is 6.24. The average Bonchev–Trinajstić information content (AvgIpc) is 2.27. The first-order valence-corrected chi connectivity index (χ1v) is 6.76. The molecule has 0 saturated carbocycles. The summed E-state index contributed by atoms with van der Waals surface area (Å²) in [6.07, 6.45) is -2.43. The summed E-state index contributed by atoms with van der Waals surface area (Å²) >= 11 is 3.23. The Labute approximate surface area is 113 Å². The predicted octanol–water partition coefficient (Wildman–Crippen LogP) is 2.65. The third kappa shape index (κ3) is 4.72. The van der Waals surface area contributed by atoms with E-state index in [0.717, 1.165) is 0 Å². The van der Waals surface area contributed by atoms with E-state index in [0.29, 0.717) is 30.1 Å². The Balaban J connectivity index is 2.95. The Morgan fingerprint density at radius 3 is 2.72 bits per heavy atom. The fourth-order valence-corrected chi connectivity index (χ4v) is 1.86. The molecule has 0 radical (unpaired) electrons. The fourth-order valence-electron chi connectivity index (χ4n) is 1.43. The summed E-state index contributed by atoms with van der Waals surface area (Å²) in [5.41, 5.74) is 0.692. The van der Waals surface area contributed by atoms with Crippen molar-refractivity contribution in [3.63, 3.8) is 0 Å². The number of anilines is 1. The van der Waals surface area contributed by atoms with E-state index in [1.807, 2.05) is 6.92 Å². The standard InChI is InChI=1S/C11H16BrF2N3O/c1-3-18-10-6-8(2)15-11(16-10)17(5-4-12)7-9(13)14/h6,9H,3-5,7H2,1-2H3. The lowest BCUT2D eigenvalue weighted by atomic mass is 10.4. The molecule has 0 spiro atoms. The van der Waals surface area contributed by atoms with E-state index in [1.165, 1.54) is 4.90 Å². The van der Waals surface area contributed by atoms with Crippen molar-refractivity contribution in [1.82, 2.24) is 9.97 Å². The molecule has 7 heteroatoms. The van der Waals surface area contributed by atoms with Crippen LogP contribution in [0.2, 0.25) is 0 Å². The van der Waals surface area contributed by atoms with Crippen LogP contribution in [-0.2, 0) is 0 Å². The number of hydrogen-bond donors (Lipinski definition) is 0. The number of halogens is 3. The lowest BCUT2D eigenvalue weighted by Gasteiger charge is -2.21. The van der Waals surface area contributed by atoms with Gasteiger partial charge in [-0.25, -0.2) is 13.8 Å². The number of hydrogen-bond acceptors (Lipinski definition) is 4. The maximum Gasteiger partial charge on any atom is 0.255 e. The second kappa shape index (κ2) is 7.45. The van der Waals surface area contributed by atoms with Gasteiger partial charge in [-0.05, 0) is 13.8 Å². The molecule has 0 atom stereocenters. The smallest absolute Gasteiger partial charge is 0.255 e. The van der Waals surface area contributed by atoms with Gasteiger partial charge >= 0.3 is 0 Å². The summed E-state index contributed by atoms with van der Waals surface area (Å²) in [7, 11) is 0. The van der Waals surface area contributed by atoms with E-state index in [-0.39, 0.29) is 12.5 Å². The van der Waals surface area contributed by atoms with Crippen LogP contribution in [-0.4, -0.2) is 41.4 Å². The van der Waals surface area contributed by atoms with Crippen LogP contribution in [0.25, 0.3) is 0 Å². The van der Waals surface area contributed by atoms with Gasteiger partial charge in [0.25, 0.3) is 6.43 Å². The minimum Gasteiger partial charge on any atom is -0.478 e.